The molecular formula is C25H26N3O6PS. The quantitative estimate of drug-likeness (QED) is 0.291. The zero-order chi connectivity index (χ0) is 26.5. The minimum Gasteiger partial charge on any atom is -0.444 e. The van der Waals surface area contributed by atoms with Crippen LogP contribution < -0.4 is 10.6 Å². The minimum atomic E-state index is -4.56. The van der Waals surface area contributed by atoms with Crippen LogP contribution in [0.15, 0.2) is 60.0 Å². The molecule has 3 rings (SSSR count). The van der Waals surface area contributed by atoms with Gasteiger partial charge in [-0.05, 0) is 74.0 Å². The van der Waals surface area contributed by atoms with Gasteiger partial charge in [0.1, 0.15) is 5.60 Å². The smallest absolute Gasteiger partial charge is 0.412 e. The summed E-state index contributed by atoms with van der Waals surface area (Å²) in [5.41, 5.74) is 0.210. The Balaban J connectivity index is 1.83. The van der Waals surface area contributed by atoms with Crippen LogP contribution >= 0.6 is 18.9 Å². The van der Waals surface area contributed by atoms with E-state index in [0.717, 1.165) is 10.4 Å². The molecule has 0 aliphatic heterocycles. The van der Waals surface area contributed by atoms with Crippen molar-refractivity contribution in [2.24, 2.45) is 0 Å². The van der Waals surface area contributed by atoms with E-state index in [1.165, 1.54) is 35.6 Å². The van der Waals surface area contributed by atoms with Crippen LogP contribution in [0.5, 0.6) is 0 Å². The van der Waals surface area contributed by atoms with Gasteiger partial charge in [-0.3, -0.25) is 14.7 Å². The lowest BCUT2D eigenvalue weighted by Gasteiger charge is -2.21. The van der Waals surface area contributed by atoms with Gasteiger partial charge in [-0.1, -0.05) is 24.3 Å². The summed E-state index contributed by atoms with van der Waals surface area (Å²) in [6.07, 6.45) is -0.807. The number of rotatable bonds is 7. The number of hydrogen-bond acceptors (Lipinski definition) is 6. The first kappa shape index (κ1) is 27.1. The van der Waals surface area contributed by atoms with Gasteiger partial charge in [-0.15, -0.1) is 11.3 Å². The Hall–Kier alpha value is -3.48. The van der Waals surface area contributed by atoms with Crippen LogP contribution in [0.1, 0.15) is 36.7 Å². The van der Waals surface area contributed by atoms with Gasteiger partial charge in [-0.2, -0.15) is 5.26 Å². The van der Waals surface area contributed by atoms with Crippen molar-refractivity contribution in [1.29, 1.82) is 5.26 Å². The average molecular weight is 528 g/mol. The largest absolute Gasteiger partial charge is 0.444 e. The number of benzene rings is 2. The monoisotopic (exact) mass is 527 g/mol. The van der Waals surface area contributed by atoms with Crippen LogP contribution in [0.4, 0.5) is 16.2 Å². The Bertz CT molecular complexity index is 1320. The van der Waals surface area contributed by atoms with E-state index in [1.807, 2.05) is 23.6 Å². The summed E-state index contributed by atoms with van der Waals surface area (Å²) in [5, 5.41) is 16.4. The van der Waals surface area contributed by atoms with E-state index in [2.05, 4.69) is 10.6 Å². The maximum absolute atomic E-state index is 13.0. The molecule has 2 aromatic carbocycles. The molecule has 0 aliphatic rings. The molecule has 36 heavy (non-hydrogen) atoms. The van der Waals surface area contributed by atoms with Crippen molar-refractivity contribution in [2.45, 2.75) is 38.5 Å². The van der Waals surface area contributed by atoms with E-state index in [9.17, 15) is 23.9 Å². The van der Waals surface area contributed by atoms with Gasteiger partial charge in [0.05, 0.1) is 17.4 Å². The number of thiophene rings is 1. The summed E-state index contributed by atoms with van der Waals surface area (Å²) in [4.78, 5) is 44.9. The van der Waals surface area contributed by atoms with E-state index in [0.29, 0.717) is 16.9 Å². The van der Waals surface area contributed by atoms with Gasteiger partial charge in [-0.25, -0.2) is 4.79 Å². The molecule has 0 fully saturated rings. The van der Waals surface area contributed by atoms with Crippen LogP contribution in [0.25, 0.3) is 10.4 Å². The molecule has 0 bridgehead atoms. The van der Waals surface area contributed by atoms with Gasteiger partial charge in [0.2, 0.25) is 0 Å². The second kappa shape index (κ2) is 11.1. The molecule has 1 aromatic heterocycles. The predicted molar refractivity (Wildman–Crippen MR) is 139 cm³/mol. The van der Waals surface area contributed by atoms with Crippen LogP contribution in [0, 0.1) is 11.3 Å². The first-order valence-corrected chi connectivity index (χ1v) is 13.4. The van der Waals surface area contributed by atoms with Crippen molar-refractivity contribution >= 4 is 42.3 Å². The number of anilines is 2. The zero-order valence-electron chi connectivity index (χ0n) is 19.9. The standard InChI is InChI=1S/C25H26N3O6PS/c1-25(2,3)34-24(30)28-20-11-10-18(22-5-4-12-36-22)14-21(20)27-23(29)17-8-6-16(7-9-17)13-19(15-26)35(31,32)33/h4-12,14,19H,13H2,1-3H3,(H,27,29)(H,28,30)(H2,31,32,33). The third-order valence-corrected chi connectivity index (χ3v) is 6.94. The van der Waals surface area contributed by atoms with Gasteiger partial charge >= 0.3 is 13.7 Å². The van der Waals surface area contributed by atoms with Crippen LogP contribution in [0.2, 0.25) is 0 Å². The molecule has 0 aliphatic carbocycles. The molecule has 3 aromatic rings. The maximum atomic E-state index is 13.0. The molecule has 2 amide bonds. The van der Waals surface area contributed by atoms with Crippen LogP contribution in [0.3, 0.4) is 0 Å². The Labute approximate surface area is 212 Å². The van der Waals surface area contributed by atoms with Crippen molar-refractivity contribution < 1.29 is 28.7 Å². The highest BCUT2D eigenvalue weighted by Gasteiger charge is 2.28. The number of nitrogens with one attached hydrogen (secondary N) is 2. The van der Waals surface area contributed by atoms with Crippen molar-refractivity contribution in [3.8, 4) is 16.5 Å². The fourth-order valence-corrected chi connectivity index (χ4v) is 4.54. The zero-order valence-corrected chi connectivity index (χ0v) is 21.6. The maximum Gasteiger partial charge on any atom is 0.412 e. The molecule has 0 saturated carbocycles. The van der Waals surface area contributed by atoms with E-state index in [4.69, 9.17) is 10.00 Å². The molecule has 0 radical (unpaired) electrons. The van der Waals surface area contributed by atoms with Gasteiger partial charge in [0.15, 0.2) is 5.66 Å². The lowest BCUT2D eigenvalue weighted by Crippen LogP contribution is -2.27. The number of ether oxygens (including phenoxy) is 1. The van der Waals surface area contributed by atoms with Crippen LogP contribution in [-0.4, -0.2) is 33.0 Å². The van der Waals surface area contributed by atoms with E-state index in [-0.39, 0.29) is 12.0 Å². The lowest BCUT2D eigenvalue weighted by atomic mass is 10.1. The second-order valence-electron chi connectivity index (χ2n) is 8.95. The molecule has 188 valence electrons. The highest BCUT2D eigenvalue weighted by molar-refractivity contribution is 7.52. The highest BCUT2D eigenvalue weighted by atomic mass is 32.1. The summed E-state index contributed by atoms with van der Waals surface area (Å²) >= 11 is 1.53. The molecule has 4 N–H and O–H groups in total. The molecule has 11 heteroatoms. The Morgan fingerprint density at radius 2 is 1.78 bits per heavy atom. The molecule has 1 heterocycles. The summed E-state index contributed by atoms with van der Waals surface area (Å²) in [7, 11) is -4.56. The first-order chi connectivity index (χ1) is 16.9. The van der Waals surface area contributed by atoms with Crippen molar-refractivity contribution in [2.75, 3.05) is 10.6 Å². The fourth-order valence-electron chi connectivity index (χ4n) is 3.22. The number of amides is 2. The average Bonchev–Trinajstić information content (AvgIpc) is 3.32. The molecule has 0 saturated heterocycles. The van der Waals surface area contributed by atoms with Crippen molar-refractivity contribution in [3.63, 3.8) is 0 Å². The van der Waals surface area contributed by atoms with E-state index in [1.54, 1.807) is 39.0 Å². The highest BCUT2D eigenvalue weighted by Crippen LogP contribution is 2.42. The molecule has 9 nitrogen and oxygen atoms in total. The number of nitrogens with zero attached hydrogens (tertiary/aromatic N) is 1. The number of hydrogen-bond donors (Lipinski definition) is 4. The Morgan fingerprint density at radius 3 is 2.33 bits per heavy atom. The third kappa shape index (κ3) is 7.51. The fraction of sp³-hybridized carbons (Fsp3) is 0.240. The van der Waals surface area contributed by atoms with Gasteiger partial charge in [0.25, 0.3) is 5.91 Å². The van der Waals surface area contributed by atoms with E-state index >= 15 is 0 Å². The predicted octanol–water partition coefficient (Wildman–Crippen LogP) is 5.63. The van der Waals surface area contributed by atoms with Gasteiger partial charge in [0, 0.05) is 10.4 Å². The second-order valence-corrected chi connectivity index (χ2v) is 11.7. The SMILES string of the molecule is CC(C)(C)OC(=O)Nc1ccc(-c2cccs2)cc1NC(=O)c1ccc(CC(C#N)P(=O)(O)O)cc1. The summed E-state index contributed by atoms with van der Waals surface area (Å²) in [6, 6.07) is 16.8. The first-order valence-electron chi connectivity index (χ1n) is 10.9. The molecule has 0 spiro atoms. The van der Waals surface area contributed by atoms with Gasteiger partial charge < -0.3 is 19.8 Å². The number of carbonyl (C=O) groups is 2. The normalized spacial score (nSPS) is 12.3. The van der Waals surface area contributed by atoms with E-state index < -0.39 is 30.9 Å². The summed E-state index contributed by atoms with van der Waals surface area (Å²) in [5.74, 6) is -0.455. The molecule has 1 unspecified atom stereocenters. The molecule has 1 atom stereocenters. The Kier molecular flexibility index (Phi) is 8.33. The van der Waals surface area contributed by atoms with Crippen molar-refractivity contribution in [1.82, 2.24) is 0 Å². The number of nitriles is 1. The van der Waals surface area contributed by atoms with Crippen LogP contribution in [-0.2, 0) is 15.7 Å². The summed E-state index contributed by atoms with van der Waals surface area (Å²) < 4.78 is 16.7. The Morgan fingerprint density at radius 1 is 1.08 bits per heavy atom. The third-order valence-electron chi connectivity index (χ3n) is 4.91. The molecular weight excluding hydrogens is 501 g/mol. The summed E-state index contributed by atoms with van der Waals surface area (Å²) in [6.45, 7) is 5.24. The van der Waals surface area contributed by atoms with Crippen molar-refractivity contribution in [3.05, 3.63) is 71.1 Å². The number of carbonyl (C=O) groups excluding carboxylic acids is 2. The minimum absolute atomic E-state index is 0.143. The lowest BCUT2D eigenvalue weighted by molar-refractivity contribution is 0.0635. The topological polar surface area (TPSA) is 149 Å².